The Kier molecular flexibility index (Phi) is 3.59. The maximum Gasteiger partial charge on any atom is 0.132 e. The number of hydrogen-bond acceptors (Lipinski definition) is 5. The van der Waals surface area contributed by atoms with Gasteiger partial charge < -0.3 is 15.1 Å². The number of rotatable bonds is 5. The van der Waals surface area contributed by atoms with Crippen LogP contribution in [0, 0.1) is 6.92 Å². The zero-order valence-electron chi connectivity index (χ0n) is 10.0. The standard InChI is InChI=1S/C12H16N4O/c1-3-13-11-6-12(16-9(2)15-11)14-7-10-4-5-17-8-10/h4-6,8H,3,7H2,1-2H3,(H2,13,14,15,16). The molecule has 0 fully saturated rings. The van der Waals surface area contributed by atoms with Gasteiger partial charge in [0, 0.05) is 24.7 Å². The van der Waals surface area contributed by atoms with Crippen molar-refractivity contribution in [2.75, 3.05) is 17.2 Å². The van der Waals surface area contributed by atoms with Gasteiger partial charge in [-0.3, -0.25) is 0 Å². The second kappa shape index (κ2) is 5.34. The van der Waals surface area contributed by atoms with Gasteiger partial charge in [0.05, 0.1) is 12.5 Å². The van der Waals surface area contributed by atoms with Crippen LogP contribution >= 0.6 is 0 Å². The molecular weight excluding hydrogens is 216 g/mol. The molecule has 2 rings (SSSR count). The number of furan rings is 1. The Bertz CT molecular complexity index is 467. The molecule has 2 N–H and O–H groups in total. The zero-order chi connectivity index (χ0) is 12.1. The molecule has 90 valence electrons. The lowest BCUT2D eigenvalue weighted by atomic mass is 10.3. The first kappa shape index (κ1) is 11.4. The molecule has 0 unspecified atom stereocenters. The molecule has 0 spiro atoms. The van der Waals surface area contributed by atoms with E-state index in [4.69, 9.17) is 4.42 Å². The molecule has 0 aliphatic rings. The molecule has 0 atom stereocenters. The van der Waals surface area contributed by atoms with Crippen molar-refractivity contribution in [2.24, 2.45) is 0 Å². The van der Waals surface area contributed by atoms with Gasteiger partial charge in [0.15, 0.2) is 0 Å². The van der Waals surface area contributed by atoms with Crippen molar-refractivity contribution < 1.29 is 4.42 Å². The van der Waals surface area contributed by atoms with E-state index >= 15 is 0 Å². The summed E-state index contributed by atoms with van der Waals surface area (Å²) in [7, 11) is 0. The van der Waals surface area contributed by atoms with Gasteiger partial charge in [0.2, 0.25) is 0 Å². The second-order valence-corrected chi connectivity index (χ2v) is 3.70. The number of aryl methyl sites for hydroxylation is 1. The molecule has 0 amide bonds. The summed E-state index contributed by atoms with van der Waals surface area (Å²) in [6.07, 6.45) is 3.37. The summed E-state index contributed by atoms with van der Waals surface area (Å²) in [5.41, 5.74) is 1.09. The average Bonchev–Trinajstić information content (AvgIpc) is 2.79. The maximum absolute atomic E-state index is 5.00. The summed E-state index contributed by atoms with van der Waals surface area (Å²) >= 11 is 0. The molecule has 0 aromatic carbocycles. The predicted molar refractivity (Wildman–Crippen MR) is 67.0 cm³/mol. The molecule has 0 radical (unpaired) electrons. The normalized spacial score (nSPS) is 10.2. The summed E-state index contributed by atoms with van der Waals surface area (Å²) in [6, 6.07) is 3.82. The third kappa shape index (κ3) is 3.21. The van der Waals surface area contributed by atoms with Gasteiger partial charge in [0.25, 0.3) is 0 Å². The molecular formula is C12H16N4O. The van der Waals surface area contributed by atoms with Crippen LogP contribution in [0.4, 0.5) is 11.6 Å². The van der Waals surface area contributed by atoms with E-state index in [0.29, 0.717) is 6.54 Å². The lowest BCUT2D eigenvalue weighted by molar-refractivity contribution is 0.564. The first-order valence-corrected chi connectivity index (χ1v) is 5.62. The Labute approximate surface area is 100 Å². The summed E-state index contributed by atoms with van der Waals surface area (Å²) in [5, 5.41) is 6.41. The Morgan fingerprint density at radius 2 is 2.00 bits per heavy atom. The van der Waals surface area contributed by atoms with Crippen molar-refractivity contribution in [1.29, 1.82) is 0 Å². The van der Waals surface area contributed by atoms with Gasteiger partial charge in [-0.05, 0) is 19.9 Å². The molecule has 17 heavy (non-hydrogen) atoms. The van der Waals surface area contributed by atoms with E-state index in [1.165, 1.54) is 0 Å². The van der Waals surface area contributed by atoms with Gasteiger partial charge in [-0.1, -0.05) is 0 Å². The minimum absolute atomic E-state index is 0.693. The SMILES string of the molecule is CCNc1cc(NCc2ccoc2)nc(C)n1. The molecule has 0 saturated heterocycles. The number of nitrogens with zero attached hydrogens (tertiary/aromatic N) is 2. The zero-order valence-corrected chi connectivity index (χ0v) is 10.0. The first-order chi connectivity index (χ1) is 8.28. The van der Waals surface area contributed by atoms with E-state index < -0.39 is 0 Å². The van der Waals surface area contributed by atoms with Gasteiger partial charge in [-0.15, -0.1) is 0 Å². The number of anilines is 2. The maximum atomic E-state index is 5.00. The van der Waals surface area contributed by atoms with Crippen LogP contribution in [0.1, 0.15) is 18.3 Å². The summed E-state index contributed by atoms with van der Waals surface area (Å²) < 4.78 is 5.00. The Morgan fingerprint density at radius 3 is 2.65 bits per heavy atom. The highest BCUT2D eigenvalue weighted by Gasteiger charge is 2.01. The molecule has 0 bridgehead atoms. The third-order valence-corrected chi connectivity index (χ3v) is 2.25. The summed E-state index contributed by atoms with van der Waals surface area (Å²) in [5.74, 6) is 2.41. The van der Waals surface area contributed by atoms with E-state index in [1.807, 2.05) is 26.0 Å². The van der Waals surface area contributed by atoms with Crippen molar-refractivity contribution in [2.45, 2.75) is 20.4 Å². The van der Waals surface area contributed by atoms with Gasteiger partial charge in [-0.2, -0.15) is 0 Å². The quantitative estimate of drug-likeness (QED) is 0.829. The Hall–Kier alpha value is -2.04. The lowest BCUT2D eigenvalue weighted by Crippen LogP contribution is -2.06. The molecule has 5 nitrogen and oxygen atoms in total. The van der Waals surface area contributed by atoms with E-state index in [1.54, 1.807) is 12.5 Å². The van der Waals surface area contributed by atoms with Gasteiger partial charge >= 0.3 is 0 Å². The van der Waals surface area contributed by atoms with Crippen molar-refractivity contribution in [3.05, 3.63) is 36.0 Å². The third-order valence-electron chi connectivity index (χ3n) is 2.25. The van der Waals surface area contributed by atoms with E-state index in [9.17, 15) is 0 Å². The Morgan fingerprint density at radius 1 is 1.24 bits per heavy atom. The molecule has 2 aromatic heterocycles. The monoisotopic (exact) mass is 232 g/mol. The number of hydrogen-bond donors (Lipinski definition) is 2. The first-order valence-electron chi connectivity index (χ1n) is 5.62. The minimum atomic E-state index is 0.693. The van der Waals surface area contributed by atoms with Crippen molar-refractivity contribution in [3.63, 3.8) is 0 Å². The fourth-order valence-corrected chi connectivity index (χ4v) is 1.52. The van der Waals surface area contributed by atoms with Crippen molar-refractivity contribution >= 4 is 11.6 Å². The number of aromatic nitrogens is 2. The predicted octanol–water partition coefficient (Wildman–Crippen LogP) is 2.42. The smallest absolute Gasteiger partial charge is 0.132 e. The van der Waals surface area contributed by atoms with Gasteiger partial charge in [0.1, 0.15) is 17.5 Å². The molecule has 0 aliphatic carbocycles. The van der Waals surface area contributed by atoms with Gasteiger partial charge in [-0.25, -0.2) is 9.97 Å². The molecule has 2 aromatic rings. The highest BCUT2D eigenvalue weighted by molar-refractivity contribution is 5.47. The van der Waals surface area contributed by atoms with Crippen LogP contribution < -0.4 is 10.6 Å². The van der Waals surface area contributed by atoms with Crippen LogP contribution in [0.3, 0.4) is 0 Å². The van der Waals surface area contributed by atoms with Crippen LogP contribution in [0.5, 0.6) is 0 Å². The lowest BCUT2D eigenvalue weighted by Gasteiger charge is -2.08. The Balaban J connectivity index is 2.04. The van der Waals surface area contributed by atoms with E-state index in [-0.39, 0.29) is 0 Å². The van der Waals surface area contributed by atoms with Crippen LogP contribution in [-0.2, 0) is 6.54 Å². The van der Waals surface area contributed by atoms with Crippen LogP contribution in [-0.4, -0.2) is 16.5 Å². The average molecular weight is 232 g/mol. The minimum Gasteiger partial charge on any atom is -0.472 e. The van der Waals surface area contributed by atoms with Crippen molar-refractivity contribution in [1.82, 2.24) is 9.97 Å². The highest BCUT2D eigenvalue weighted by Crippen LogP contribution is 2.12. The van der Waals surface area contributed by atoms with Crippen LogP contribution in [0.2, 0.25) is 0 Å². The van der Waals surface area contributed by atoms with Crippen molar-refractivity contribution in [3.8, 4) is 0 Å². The second-order valence-electron chi connectivity index (χ2n) is 3.70. The molecule has 5 heteroatoms. The highest BCUT2D eigenvalue weighted by atomic mass is 16.3. The van der Waals surface area contributed by atoms with E-state index in [2.05, 4.69) is 20.6 Å². The van der Waals surface area contributed by atoms with E-state index in [0.717, 1.165) is 29.6 Å². The fourth-order valence-electron chi connectivity index (χ4n) is 1.52. The topological polar surface area (TPSA) is 63.0 Å². The summed E-state index contributed by atoms with van der Waals surface area (Å²) in [4.78, 5) is 8.61. The fraction of sp³-hybridized carbons (Fsp3) is 0.333. The number of nitrogens with one attached hydrogen (secondary N) is 2. The van der Waals surface area contributed by atoms with Crippen LogP contribution in [0.15, 0.2) is 29.1 Å². The summed E-state index contributed by atoms with van der Waals surface area (Å²) in [6.45, 7) is 5.45. The molecule has 2 heterocycles. The molecule has 0 saturated carbocycles. The van der Waals surface area contributed by atoms with Crippen LogP contribution in [0.25, 0.3) is 0 Å². The largest absolute Gasteiger partial charge is 0.472 e. The molecule has 0 aliphatic heterocycles.